The molecule has 1 aromatic carbocycles. The van der Waals surface area contributed by atoms with Crippen molar-refractivity contribution in [1.82, 2.24) is 28.6 Å². The summed E-state index contributed by atoms with van der Waals surface area (Å²) < 4.78 is 54.9. The zero-order valence-corrected chi connectivity index (χ0v) is 28.0. The summed E-state index contributed by atoms with van der Waals surface area (Å²) in [6, 6.07) is 10.5. The van der Waals surface area contributed by atoms with Gasteiger partial charge in [-0.1, -0.05) is 6.07 Å². The fraction of sp³-hybridized carbons (Fsp3) is 0.531. The molecular weight excluding hydrogens is 634 g/mol. The number of nitriles is 1. The van der Waals surface area contributed by atoms with Crippen molar-refractivity contribution in [3.05, 3.63) is 51.8 Å². The van der Waals surface area contributed by atoms with E-state index < -0.39 is 23.6 Å². The largest absolute Gasteiger partial charge is 0.393 e. The number of hydrogen-bond acceptors (Lipinski definition) is 8. The van der Waals surface area contributed by atoms with E-state index in [1.807, 2.05) is 10.4 Å². The normalized spacial score (nSPS) is 18.4. The van der Waals surface area contributed by atoms with E-state index >= 15 is 0 Å². The smallest absolute Gasteiger partial charge is 0.367 e. The van der Waals surface area contributed by atoms with Gasteiger partial charge in [-0.3, -0.25) is 9.80 Å². The van der Waals surface area contributed by atoms with E-state index in [0.29, 0.717) is 27.6 Å². The molecule has 1 unspecified atom stereocenters. The first kappa shape index (κ1) is 32.8. The van der Waals surface area contributed by atoms with Crippen molar-refractivity contribution in [3.63, 3.8) is 0 Å². The fourth-order valence-electron chi connectivity index (χ4n) is 6.62. The van der Waals surface area contributed by atoms with Crippen molar-refractivity contribution >= 4 is 49.3 Å². The predicted octanol–water partition coefficient (Wildman–Crippen LogP) is 5.23. The molecule has 246 valence electrons. The minimum atomic E-state index is -4.26. The highest BCUT2D eigenvalue weighted by atomic mass is 32.2. The van der Waals surface area contributed by atoms with Crippen molar-refractivity contribution in [3.8, 4) is 6.07 Å². The van der Waals surface area contributed by atoms with Gasteiger partial charge in [-0.2, -0.15) is 18.4 Å². The number of nitrogens with zero attached hydrogens (tertiary/aromatic N) is 7. The van der Waals surface area contributed by atoms with Gasteiger partial charge in [0.1, 0.15) is 28.2 Å². The van der Waals surface area contributed by atoms with Crippen LogP contribution in [0.1, 0.15) is 40.4 Å². The molecule has 1 atom stereocenters. The number of piperidine rings is 1. The number of nitrogens with one attached hydrogen (secondary N) is 1. The third-order valence-electron chi connectivity index (χ3n) is 9.17. The average Bonchev–Trinajstić information content (AvgIpc) is 3.58. The molecule has 6 rings (SSSR count). The molecule has 2 aliphatic heterocycles. The molecule has 1 N–H and O–H groups in total. The van der Waals surface area contributed by atoms with Crippen LogP contribution in [0.15, 0.2) is 24.3 Å². The Bertz CT molecular complexity index is 1780. The Morgan fingerprint density at radius 1 is 1.02 bits per heavy atom. The Hall–Kier alpha value is -3.09. The first-order valence-electron chi connectivity index (χ1n) is 15.6. The Balaban J connectivity index is 1.08. The van der Waals surface area contributed by atoms with Crippen LogP contribution in [0.5, 0.6) is 0 Å². The summed E-state index contributed by atoms with van der Waals surface area (Å²) in [6.45, 7) is 11.4. The molecule has 4 aromatic rings. The van der Waals surface area contributed by atoms with E-state index in [4.69, 9.17) is 0 Å². The highest BCUT2D eigenvalue weighted by molar-refractivity contribution is 7.81. The topological polar surface area (TPSA) is 93.3 Å². The highest BCUT2D eigenvalue weighted by Crippen LogP contribution is 2.34. The molecule has 0 saturated carbocycles. The third kappa shape index (κ3) is 7.39. The van der Waals surface area contributed by atoms with Crippen LogP contribution in [0.4, 0.5) is 19.0 Å². The van der Waals surface area contributed by atoms with Crippen LogP contribution in [0.25, 0.3) is 21.1 Å². The van der Waals surface area contributed by atoms with E-state index in [9.17, 15) is 22.6 Å². The standard InChI is InChI=1S/C32H39F3N8OS2/c1-21-23(4-5-29-27(21)16-25(19-36)43(29)15-12-40-10-13-42(14-11-40)46(3)44)20-41-8-6-24(7-9-41)39-30-28-17-26(18-32(33,34)35)45-31(28)38-22(2)37-30/h4-5,16-17,24H,6-15,18,20H2,1-3H3,(H,37,38,39). The summed E-state index contributed by atoms with van der Waals surface area (Å²) in [7, 11) is -0.932. The van der Waals surface area contributed by atoms with Gasteiger partial charge in [-0.25, -0.2) is 18.5 Å². The van der Waals surface area contributed by atoms with Gasteiger partial charge < -0.3 is 9.88 Å². The summed E-state index contributed by atoms with van der Waals surface area (Å²) >= 11 is 1.08. The number of likely N-dealkylation sites (tertiary alicyclic amines) is 1. The molecule has 2 aliphatic rings. The maximum atomic E-state index is 13.0. The summed E-state index contributed by atoms with van der Waals surface area (Å²) in [6.07, 6.45) is -1.71. The van der Waals surface area contributed by atoms with E-state index in [1.54, 1.807) is 19.2 Å². The minimum Gasteiger partial charge on any atom is -0.367 e. The molecule has 2 saturated heterocycles. The molecular formula is C32H39F3N8OS2. The number of alkyl halides is 3. The van der Waals surface area contributed by atoms with E-state index in [0.717, 1.165) is 94.0 Å². The number of halogens is 3. The van der Waals surface area contributed by atoms with Crippen LogP contribution in [0, 0.1) is 25.2 Å². The maximum Gasteiger partial charge on any atom is 0.393 e. The van der Waals surface area contributed by atoms with Crippen LogP contribution in [0.2, 0.25) is 0 Å². The van der Waals surface area contributed by atoms with Gasteiger partial charge in [-0.15, -0.1) is 11.3 Å². The third-order valence-corrected chi connectivity index (χ3v) is 11.3. The lowest BCUT2D eigenvalue weighted by atomic mass is 10.0. The first-order valence-corrected chi connectivity index (χ1v) is 18.0. The van der Waals surface area contributed by atoms with Crippen molar-refractivity contribution < 1.29 is 17.4 Å². The van der Waals surface area contributed by atoms with Crippen molar-refractivity contribution in [1.29, 1.82) is 5.26 Å². The van der Waals surface area contributed by atoms with Gasteiger partial charge in [0.05, 0.1) is 22.8 Å². The lowest BCUT2D eigenvalue weighted by molar-refractivity contribution is -0.126. The fourth-order valence-corrected chi connectivity index (χ4v) is 8.40. The summed E-state index contributed by atoms with van der Waals surface area (Å²) in [5, 5.41) is 15.2. The van der Waals surface area contributed by atoms with Crippen LogP contribution in [-0.4, -0.2) is 97.1 Å². The molecule has 3 aromatic heterocycles. The average molecular weight is 673 g/mol. The number of piperazine rings is 1. The second kappa shape index (κ2) is 13.6. The monoisotopic (exact) mass is 672 g/mol. The molecule has 0 amide bonds. The number of fused-ring (bicyclic) bond motifs is 2. The molecule has 14 heteroatoms. The van der Waals surface area contributed by atoms with Gasteiger partial charge in [0.2, 0.25) is 0 Å². The van der Waals surface area contributed by atoms with Crippen LogP contribution >= 0.6 is 11.3 Å². The van der Waals surface area contributed by atoms with Crippen molar-refractivity contribution in [2.24, 2.45) is 0 Å². The molecule has 2 fully saturated rings. The summed E-state index contributed by atoms with van der Waals surface area (Å²) in [5.41, 5.74) is 4.18. The van der Waals surface area contributed by atoms with E-state index in [-0.39, 0.29) is 10.9 Å². The minimum absolute atomic E-state index is 0.169. The molecule has 0 bridgehead atoms. The molecule has 0 radical (unpaired) electrons. The SMILES string of the molecule is Cc1nc(NC2CCN(Cc3ccc4c(cc(C#N)n4CCN4CCN(S(C)=O)CC4)c3C)CC2)c2cc(CC(F)(F)F)sc2n1. The summed E-state index contributed by atoms with van der Waals surface area (Å²) in [5.74, 6) is 1.16. The van der Waals surface area contributed by atoms with Gasteiger partial charge in [0, 0.05) is 87.0 Å². The molecule has 46 heavy (non-hydrogen) atoms. The van der Waals surface area contributed by atoms with Gasteiger partial charge >= 0.3 is 6.18 Å². The van der Waals surface area contributed by atoms with Crippen molar-refractivity contribution in [2.75, 3.05) is 57.4 Å². The van der Waals surface area contributed by atoms with E-state index in [2.05, 4.69) is 54.8 Å². The van der Waals surface area contributed by atoms with Gasteiger partial charge in [0.15, 0.2) is 0 Å². The number of aryl methyl sites for hydroxylation is 2. The van der Waals surface area contributed by atoms with Crippen LogP contribution in [-0.2, 0) is 30.5 Å². The Morgan fingerprint density at radius 2 is 1.76 bits per heavy atom. The number of aromatic nitrogens is 3. The number of anilines is 1. The zero-order chi connectivity index (χ0) is 32.6. The number of benzene rings is 1. The molecule has 0 spiro atoms. The molecule has 5 heterocycles. The zero-order valence-electron chi connectivity index (χ0n) is 26.4. The van der Waals surface area contributed by atoms with Crippen LogP contribution < -0.4 is 5.32 Å². The molecule has 9 nitrogen and oxygen atoms in total. The Morgan fingerprint density at radius 3 is 2.43 bits per heavy atom. The lowest BCUT2D eigenvalue weighted by Gasteiger charge is -2.33. The lowest BCUT2D eigenvalue weighted by Crippen LogP contribution is -2.47. The molecule has 0 aliphatic carbocycles. The second-order valence-electron chi connectivity index (χ2n) is 12.3. The van der Waals surface area contributed by atoms with Gasteiger partial charge in [0.25, 0.3) is 0 Å². The van der Waals surface area contributed by atoms with Gasteiger partial charge in [-0.05, 0) is 56.0 Å². The maximum absolute atomic E-state index is 13.0. The number of thiophene rings is 1. The van der Waals surface area contributed by atoms with E-state index in [1.165, 1.54) is 11.1 Å². The number of rotatable bonds is 9. The quantitative estimate of drug-likeness (QED) is 0.261. The summed E-state index contributed by atoms with van der Waals surface area (Å²) in [4.78, 5) is 14.6. The Kier molecular flexibility index (Phi) is 9.68. The van der Waals surface area contributed by atoms with Crippen LogP contribution in [0.3, 0.4) is 0 Å². The second-order valence-corrected chi connectivity index (χ2v) is 14.8. The highest BCUT2D eigenvalue weighted by Gasteiger charge is 2.29. The number of hydrogen-bond donors (Lipinski definition) is 1. The first-order chi connectivity index (χ1) is 22.0. The predicted molar refractivity (Wildman–Crippen MR) is 177 cm³/mol. The van der Waals surface area contributed by atoms with Crippen molar-refractivity contribution in [2.45, 2.75) is 58.4 Å². The Labute approximate surface area is 273 Å².